The molecule has 0 aliphatic rings. The first-order valence-corrected chi connectivity index (χ1v) is 7.23. The van der Waals surface area contributed by atoms with Gasteiger partial charge in [-0.15, -0.1) is 0 Å². The molecule has 3 atom stereocenters. The van der Waals surface area contributed by atoms with Crippen molar-refractivity contribution in [2.75, 3.05) is 7.11 Å². The molecule has 0 aliphatic carbocycles. The van der Waals surface area contributed by atoms with E-state index in [1.165, 1.54) is 0 Å². The standard InChI is InChI=1S/C18H23NO2/c1-13(11-14-7-6-10-16(12-14)21-2)17(19)18(20)15-8-4-3-5-9-15/h3-10,12-13,17-18,20H,11,19H2,1-2H3/t13?,17-,18-/m1/s1. The fraction of sp³-hybridized carbons (Fsp3) is 0.333. The number of aliphatic hydroxyl groups is 1. The van der Waals surface area contributed by atoms with Crippen LogP contribution in [0.4, 0.5) is 0 Å². The highest BCUT2D eigenvalue weighted by molar-refractivity contribution is 5.29. The minimum absolute atomic E-state index is 0.160. The first-order valence-electron chi connectivity index (χ1n) is 7.23. The van der Waals surface area contributed by atoms with E-state index in [2.05, 4.69) is 13.0 Å². The van der Waals surface area contributed by atoms with Crippen molar-refractivity contribution in [1.82, 2.24) is 0 Å². The molecule has 0 saturated heterocycles. The van der Waals surface area contributed by atoms with Gasteiger partial charge < -0.3 is 15.6 Å². The van der Waals surface area contributed by atoms with Gasteiger partial charge in [-0.2, -0.15) is 0 Å². The second kappa shape index (κ2) is 7.25. The molecule has 2 rings (SSSR count). The van der Waals surface area contributed by atoms with Crippen LogP contribution in [0.2, 0.25) is 0 Å². The van der Waals surface area contributed by atoms with Gasteiger partial charge in [-0.05, 0) is 35.6 Å². The maximum Gasteiger partial charge on any atom is 0.119 e. The molecule has 2 aromatic carbocycles. The van der Waals surface area contributed by atoms with Crippen LogP contribution in [-0.4, -0.2) is 18.3 Å². The van der Waals surface area contributed by atoms with Gasteiger partial charge in [-0.3, -0.25) is 0 Å². The van der Waals surface area contributed by atoms with Gasteiger partial charge in [0, 0.05) is 6.04 Å². The number of rotatable bonds is 6. The fourth-order valence-corrected chi connectivity index (χ4v) is 2.49. The van der Waals surface area contributed by atoms with Crippen molar-refractivity contribution in [3.05, 3.63) is 65.7 Å². The quantitative estimate of drug-likeness (QED) is 0.858. The van der Waals surface area contributed by atoms with Crippen LogP contribution in [0.15, 0.2) is 54.6 Å². The molecule has 3 heteroatoms. The van der Waals surface area contributed by atoms with Crippen molar-refractivity contribution in [3.8, 4) is 5.75 Å². The van der Waals surface area contributed by atoms with E-state index in [0.29, 0.717) is 0 Å². The first kappa shape index (κ1) is 15.5. The molecule has 1 unspecified atom stereocenters. The Balaban J connectivity index is 2.03. The van der Waals surface area contributed by atoms with E-state index in [9.17, 15) is 5.11 Å². The molecule has 0 amide bonds. The number of nitrogens with two attached hydrogens (primary N) is 1. The van der Waals surface area contributed by atoms with E-state index >= 15 is 0 Å². The van der Waals surface area contributed by atoms with Crippen LogP contribution in [0.25, 0.3) is 0 Å². The molecule has 0 radical (unpaired) electrons. The molecular formula is C18H23NO2. The lowest BCUT2D eigenvalue weighted by molar-refractivity contribution is 0.121. The Morgan fingerprint density at radius 3 is 2.48 bits per heavy atom. The third kappa shape index (κ3) is 4.06. The number of aliphatic hydroxyl groups excluding tert-OH is 1. The lowest BCUT2D eigenvalue weighted by Gasteiger charge is -2.25. The summed E-state index contributed by atoms with van der Waals surface area (Å²) in [5, 5.41) is 10.4. The first-order chi connectivity index (χ1) is 10.1. The number of methoxy groups -OCH3 is 1. The van der Waals surface area contributed by atoms with Gasteiger partial charge in [-0.1, -0.05) is 49.4 Å². The maximum atomic E-state index is 10.4. The van der Waals surface area contributed by atoms with E-state index in [1.54, 1.807) is 7.11 Å². The van der Waals surface area contributed by atoms with Crippen molar-refractivity contribution in [1.29, 1.82) is 0 Å². The van der Waals surface area contributed by atoms with Gasteiger partial charge in [0.1, 0.15) is 5.75 Å². The third-order valence-electron chi connectivity index (χ3n) is 3.85. The topological polar surface area (TPSA) is 55.5 Å². The van der Waals surface area contributed by atoms with Gasteiger partial charge in [0.25, 0.3) is 0 Å². The van der Waals surface area contributed by atoms with Crippen molar-refractivity contribution < 1.29 is 9.84 Å². The van der Waals surface area contributed by atoms with E-state index < -0.39 is 6.10 Å². The number of hydrogen-bond donors (Lipinski definition) is 2. The SMILES string of the molecule is COc1cccc(CC(C)[C@@H](N)[C@H](O)c2ccccc2)c1. The molecule has 2 aromatic rings. The lowest BCUT2D eigenvalue weighted by Crippen LogP contribution is -2.36. The van der Waals surface area contributed by atoms with E-state index in [1.807, 2.05) is 48.5 Å². The average Bonchev–Trinajstić information content (AvgIpc) is 2.54. The van der Waals surface area contributed by atoms with Crippen LogP contribution in [0.1, 0.15) is 24.2 Å². The van der Waals surface area contributed by atoms with Crippen LogP contribution in [0.5, 0.6) is 5.75 Å². The monoisotopic (exact) mass is 285 g/mol. The zero-order valence-electron chi connectivity index (χ0n) is 12.6. The zero-order valence-corrected chi connectivity index (χ0v) is 12.6. The van der Waals surface area contributed by atoms with Crippen molar-refractivity contribution >= 4 is 0 Å². The highest BCUT2D eigenvalue weighted by atomic mass is 16.5. The smallest absolute Gasteiger partial charge is 0.119 e. The Morgan fingerprint density at radius 1 is 1.10 bits per heavy atom. The molecule has 0 fully saturated rings. The Morgan fingerprint density at radius 2 is 1.81 bits per heavy atom. The minimum atomic E-state index is -0.646. The van der Waals surface area contributed by atoms with Crippen LogP contribution in [-0.2, 0) is 6.42 Å². The van der Waals surface area contributed by atoms with Gasteiger partial charge >= 0.3 is 0 Å². The summed E-state index contributed by atoms with van der Waals surface area (Å²) in [6.07, 6.45) is 0.161. The summed E-state index contributed by atoms with van der Waals surface area (Å²) in [6.45, 7) is 2.07. The predicted octanol–water partition coefficient (Wildman–Crippen LogP) is 2.93. The molecule has 3 N–H and O–H groups in total. The average molecular weight is 285 g/mol. The summed E-state index contributed by atoms with van der Waals surface area (Å²) in [4.78, 5) is 0. The number of ether oxygens (including phenoxy) is 1. The summed E-state index contributed by atoms with van der Waals surface area (Å²) in [7, 11) is 1.66. The molecule has 3 nitrogen and oxygen atoms in total. The van der Waals surface area contributed by atoms with Crippen LogP contribution in [0, 0.1) is 5.92 Å². The molecule has 0 bridgehead atoms. The summed E-state index contributed by atoms with van der Waals surface area (Å²) >= 11 is 0. The van der Waals surface area contributed by atoms with Crippen LogP contribution < -0.4 is 10.5 Å². The van der Waals surface area contributed by atoms with E-state index in [-0.39, 0.29) is 12.0 Å². The molecule has 112 valence electrons. The normalized spacial score (nSPS) is 15.2. The molecular weight excluding hydrogens is 262 g/mol. The lowest BCUT2D eigenvalue weighted by atomic mass is 9.88. The van der Waals surface area contributed by atoms with Gasteiger partial charge in [0.2, 0.25) is 0 Å². The van der Waals surface area contributed by atoms with E-state index in [4.69, 9.17) is 10.5 Å². The Hall–Kier alpha value is -1.84. The summed E-state index contributed by atoms with van der Waals surface area (Å²) in [5.41, 5.74) is 8.26. The molecule has 21 heavy (non-hydrogen) atoms. The summed E-state index contributed by atoms with van der Waals surface area (Å²) in [5.74, 6) is 1.00. The Kier molecular flexibility index (Phi) is 5.37. The van der Waals surface area contributed by atoms with Crippen LogP contribution in [0.3, 0.4) is 0 Å². The predicted molar refractivity (Wildman–Crippen MR) is 85.2 cm³/mol. The van der Waals surface area contributed by atoms with Gasteiger partial charge in [0.15, 0.2) is 0 Å². The third-order valence-corrected chi connectivity index (χ3v) is 3.85. The van der Waals surface area contributed by atoms with Crippen molar-refractivity contribution in [2.24, 2.45) is 11.7 Å². The molecule has 0 aliphatic heterocycles. The molecule has 0 saturated carbocycles. The number of benzene rings is 2. The second-order valence-electron chi connectivity index (χ2n) is 5.47. The number of hydrogen-bond acceptors (Lipinski definition) is 3. The highest BCUT2D eigenvalue weighted by Gasteiger charge is 2.22. The summed E-state index contributed by atoms with van der Waals surface area (Å²) < 4.78 is 5.23. The second-order valence-corrected chi connectivity index (χ2v) is 5.47. The summed E-state index contributed by atoms with van der Waals surface area (Å²) in [6, 6.07) is 17.2. The largest absolute Gasteiger partial charge is 0.497 e. The zero-order chi connectivity index (χ0) is 15.2. The van der Waals surface area contributed by atoms with E-state index in [0.717, 1.165) is 23.3 Å². The fourth-order valence-electron chi connectivity index (χ4n) is 2.49. The molecule has 0 spiro atoms. The van der Waals surface area contributed by atoms with Gasteiger partial charge in [0.05, 0.1) is 13.2 Å². The van der Waals surface area contributed by atoms with Crippen molar-refractivity contribution in [2.45, 2.75) is 25.5 Å². The highest BCUT2D eigenvalue weighted by Crippen LogP contribution is 2.23. The van der Waals surface area contributed by atoms with Gasteiger partial charge in [-0.25, -0.2) is 0 Å². The molecule has 0 heterocycles. The van der Waals surface area contributed by atoms with Crippen molar-refractivity contribution in [3.63, 3.8) is 0 Å². The van der Waals surface area contributed by atoms with Crippen LogP contribution >= 0.6 is 0 Å². The Bertz CT molecular complexity index is 556. The molecule has 0 aromatic heterocycles. The minimum Gasteiger partial charge on any atom is -0.497 e. The Labute approximate surface area is 126 Å². The maximum absolute atomic E-state index is 10.4.